The summed E-state index contributed by atoms with van der Waals surface area (Å²) in [6, 6.07) is 17.7. The molecule has 0 amide bonds. The molecule has 4 aromatic rings. The first-order valence-electron chi connectivity index (χ1n) is 14.6. The van der Waals surface area contributed by atoms with Gasteiger partial charge in [-0.2, -0.15) is 46.5 Å². The predicted molar refractivity (Wildman–Crippen MR) is 168 cm³/mol. The molecule has 3 heteroatoms. The normalized spacial score (nSPS) is 11.1. The van der Waals surface area contributed by atoms with Gasteiger partial charge in [0, 0.05) is 0 Å². The van der Waals surface area contributed by atoms with Gasteiger partial charge in [0.05, 0.1) is 0 Å². The largest absolute Gasteiger partial charge is 2.00 e. The molecule has 0 saturated heterocycles. The van der Waals surface area contributed by atoms with Crippen molar-refractivity contribution in [3.8, 4) is 21.7 Å². The van der Waals surface area contributed by atoms with Crippen LogP contribution in [0, 0.1) is 0 Å². The second-order valence-electron chi connectivity index (χ2n) is 10.1. The van der Waals surface area contributed by atoms with E-state index < -0.39 is 0 Å². The zero-order chi connectivity index (χ0) is 25.6. The molecule has 0 radical (unpaired) electrons. The Labute approximate surface area is 250 Å². The van der Waals surface area contributed by atoms with Gasteiger partial charge < -0.3 is 0 Å². The van der Waals surface area contributed by atoms with Crippen LogP contribution in [0.1, 0.15) is 101 Å². The smallest absolute Gasteiger partial charge is 0.183 e. The minimum atomic E-state index is 0. The Morgan fingerprint density at radius 2 is 0.973 bits per heavy atom. The molecule has 0 bridgehead atoms. The number of aryl methyl sites for hydroxylation is 2. The van der Waals surface area contributed by atoms with Crippen molar-refractivity contribution < 1.29 is 26.2 Å². The monoisotopic (exact) mass is 608 g/mol. The van der Waals surface area contributed by atoms with Crippen LogP contribution in [0.15, 0.2) is 60.1 Å². The van der Waals surface area contributed by atoms with E-state index in [9.17, 15) is 0 Å². The second-order valence-corrected chi connectivity index (χ2v) is 12.3. The maximum absolute atomic E-state index is 2.50. The van der Waals surface area contributed by atoms with Gasteiger partial charge in [0.2, 0.25) is 0 Å². The van der Waals surface area contributed by atoms with E-state index >= 15 is 0 Å². The molecule has 4 rings (SSSR count). The predicted octanol–water partition coefficient (Wildman–Crippen LogP) is 11.6. The van der Waals surface area contributed by atoms with Crippen LogP contribution < -0.4 is 0 Å². The van der Waals surface area contributed by atoms with E-state index in [4.69, 9.17) is 0 Å². The van der Waals surface area contributed by atoms with Crippen molar-refractivity contribution in [3.05, 3.63) is 82.4 Å². The maximum Gasteiger partial charge on any atom is 2.00 e. The van der Waals surface area contributed by atoms with E-state index in [0.717, 1.165) is 16.4 Å². The molecule has 0 aliphatic rings. The quantitative estimate of drug-likeness (QED) is 0.125. The molecule has 2 heterocycles. The molecule has 2 aromatic carbocycles. The second kappa shape index (κ2) is 18.4. The summed E-state index contributed by atoms with van der Waals surface area (Å²) < 4.78 is 0. The van der Waals surface area contributed by atoms with Crippen LogP contribution in [-0.4, -0.2) is 0 Å². The summed E-state index contributed by atoms with van der Waals surface area (Å²) in [5.41, 5.74) is 9.58. The molecule has 0 aliphatic carbocycles. The molecule has 37 heavy (non-hydrogen) atoms. The van der Waals surface area contributed by atoms with Crippen molar-refractivity contribution in [3.63, 3.8) is 0 Å². The first kappa shape index (κ1) is 32.4. The summed E-state index contributed by atoms with van der Waals surface area (Å²) >= 11 is 0. The minimum absolute atomic E-state index is 0. The Kier molecular flexibility index (Phi) is 16.1. The average Bonchev–Trinajstić information content (AvgIpc) is 3.71. The molecule has 2 unspecified atom stereocenters. The zero-order valence-corrected chi connectivity index (χ0v) is 28.2. The molecule has 2 atom stereocenters. The Morgan fingerprint density at radius 3 is 1.30 bits per heavy atom. The number of unbranched alkanes of at least 4 members (excludes halogenated alkanes) is 4. The van der Waals surface area contributed by atoms with Crippen LogP contribution >= 0.6 is 16.4 Å². The van der Waals surface area contributed by atoms with E-state index in [1.165, 1.54) is 88.2 Å². The van der Waals surface area contributed by atoms with Crippen molar-refractivity contribution in [1.29, 1.82) is 0 Å². The Morgan fingerprint density at radius 1 is 0.595 bits per heavy atom. The van der Waals surface area contributed by atoms with Gasteiger partial charge in [-0.3, -0.25) is 0 Å². The maximum atomic E-state index is 2.50. The first-order valence-corrected chi connectivity index (χ1v) is 16.7. The third kappa shape index (κ3) is 9.68. The molecule has 0 saturated carbocycles. The Bertz CT molecular complexity index is 991. The van der Waals surface area contributed by atoms with Gasteiger partial charge in [-0.15, -0.1) is 35.4 Å². The van der Waals surface area contributed by atoms with E-state index in [-0.39, 0.29) is 26.2 Å². The molecule has 0 spiro atoms. The van der Waals surface area contributed by atoms with Crippen molar-refractivity contribution in [2.75, 3.05) is 0 Å². The van der Waals surface area contributed by atoms with Gasteiger partial charge >= 0.3 is 26.2 Å². The van der Waals surface area contributed by atoms with E-state index in [2.05, 4.69) is 87.8 Å². The third-order valence-corrected chi connectivity index (χ3v) is 9.97. The van der Waals surface area contributed by atoms with E-state index in [0.29, 0.717) is 0 Å². The van der Waals surface area contributed by atoms with E-state index in [1.54, 1.807) is 32.8 Å². The molecule has 0 fully saturated rings. The van der Waals surface area contributed by atoms with Crippen LogP contribution in [0.3, 0.4) is 0 Å². The zero-order valence-electron chi connectivity index (χ0n) is 23.8. The SMILES string of the molecule is CCCCc1c[pH+][c-](-c2ccc[cH-]2)c1CCCC.CCCCc1c[pH+][c-](-c2ccc[cH-]2)c1CCCC.[Zr+2]. The van der Waals surface area contributed by atoms with Gasteiger partial charge in [-0.05, 0) is 27.0 Å². The Hall–Kier alpha value is -0.857. The molecular formula is C34H48P2Zr. The summed E-state index contributed by atoms with van der Waals surface area (Å²) in [6.45, 7) is 9.14. The number of hydrogen-bond donors (Lipinski definition) is 0. The molecular weight excluding hydrogens is 562 g/mol. The topological polar surface area (TPSA) is 0 Å². The van der Waals surface area contributed by atoms with Gasteiger partial charge in [0.1, 0.15) is 0 Å². The number of rotatable bonds is 14. The van der Waals surface area contributed by atoms with Gasteiger partial charge in [0.25, 0.3) is 0 Å². The fraction of sp³-hybridized carbons (Fsp3) is 0.471. The van der Waals surface area contributed by atoms with Crippen LogP contribution in [-0.2, 0) is 51.9 Å². The third-order valence-electron chi connectivity index (χ3n) is 7.22. The first-order chi connectivity index (χ1) is 17.7. The van der Waals surface area contributed by atoms with Crippen LogP contribution in [0.2, 0.25) is 0 Å². The van der Waals surface area contributed by atoms with Crippen molar-refractivity contribution in [1.82, 2.24) is 0 Å². The molecule has 0 aliphatic heterocycles. The summed E-state index contributed by atoms with van der Waals surface area (Å²) in [5, 5.41) is 3.25. The van der Waals surface area contributed by atoms with Crippen molar-refractivity contribution in [2.45, 2.75) is 105 Å². The molecule has 198 valence electrons. The summed E-state index contributed by atoms with van der Waals surface area (Å²) in [5.74, 6) is 5.01. The van der Waals surface area contributed by atoms with E-state index in [1.807, 2.05) is 0 Å². The van der Waals surface area contributed by atoms with Crippen molar-refractivity contribution >= 4 is 16.4 Å². The summed E-state index contributed by atoms with van der Waals surface area (Å²) in [7, 11) is 1.79. The fourth-order valence-corrected chi connectivity index (χ4v) is 7.90. The average molecular weight is 610 g/mol. The molecule has 0 N–H and O–H groups in total. The van der Waals surface area contributed by atoms with Crippen LogP contribution in [0.25, 0.3) is 21.7 Å². The fourth-order valence-electron chi connectivity index (χ4n) is 5.04. The van der Waals surface area contributed by atoms with Crippen molar-refractivity contribution in [2.24, 2.45) is 0 Å². The van der Waals surface area contributed by atoms with Crippen LogP contribution in [0.4, 0.5) is 0 Å². The van der Waals surface area contributed by atoms with Gasteiger partial charge in [-0.1, -0.05) is 116 Å². The van der Waals surface area contributed by atoms with Gasteiger partial charge in [-0.25, -0.2) is 0 Å². The molecule has 0 nitrogen and oxygen atoms in total. The summed E-state index contributed by atoms with van der Waals surface area (Å²) in [4.78, 5) is 0. The van der Waals surface area contributed by atoms with Crippen LogP contribution in [0.5, 0.6) is 0 Å². The Balaban J connectivity index is 0.000000253. The standard InChI is InChI=1S/2C17H24P.Zr/c2*1-3-5-9-15-13-18-17(14-10-7-8-11-14)16(15)12-6-4-2;/h2*7-8,10-11,13,18H,3-6,9,12H2,1-2H3;/q2*-1;+2. The number of hydrogen-bond acceptors (Lipinski definition) is 0. The molecule has 2 aromatic heterocycles. The minimum Gasteiger partial charge on any atom is -0.183 e. The van der Waals surface area contributed by atoms with Gasteiger partial charge in [0.15, 0.2) is 0 Å². The summed E-state index contributed by atoms with van der Waals surface area (Å²) in [6.07, 6.45) is 15.6.